The van der Waals surface area contributed by atoms with E-state index >= 15 is 0 Å². The van der Waals surface area contributed by atoms with Crippen LogP contribution in [0.25, 0.3) is 22.2 Å². The Hall–Kier alpha value is -2.88. The molecule has 0 bridgehead atoms. The van der Waals surface area contributed by atoms with E-state index in [9.17, 15) is 22.8 Å². The van der Waals surface area contributed by atoms with Gasteiger partial charge in [0.05, 0.1) is 22.5 Å². The molecule has 0 fully saturated rings. The number of aromatic nitrogens is 2. The highest BCUT2D eigenvalue weighted by molar-refractivity contribution is 7.14. The minimum absolute atomic E-state index is 0.198. The fourth-order valence-electron chi connectivity index (χ4n) is 3.19. The van der Waals surface area contributed by atoms with Crippen molar-refractivity contribution in [3.8, 4) is 11.3 Å². The van der Waals surface area contributed by atoms with Crippen LogP contribution in [-0.2, 0) is 6.18 Å². The lowest BCUT2D eigenvalue weighted by Gasteiger charge is -2.15. The van der Waals surface area contributed by atoms with Gasteiger partial charge in [0.2, 0.25) is 5.43 Å². The van der Waals surface area contributed by atoms with Crippen LogP contribution in [0.2, 0.25) is 0 Å². The average molecular weight is 498 g/mol. The number of rotatable bonds is 4. The number of nitrogens with zero attached hydrogens (tertiary/aromatic N) is 1. The first-order valence-corrected chi connectivity index (χ1v) is 10.8. The van der Waals surface area contributed by atoms with Gasteiger partial charge >= 0.3 is 6.18 Å². The van der Waals surface area contributed by atoms with Crippen LogP contribution >= 0.6 is 34.5 Å². The number of hydrogen-bond donors (Lipinski definition) is 2. The lowest BCUT2D eigenvalue weighted by Crippen LogP contribution is -2.26. The van der Waals surface area contributed by atoms with Crippen molar-refractivity contribution >= 4 is 56.5 Å². The predicted molar refractivity (Wildman–Crippen MR) is 120 cm³/mol. The molecule has 0 saturated heterocycles. The Morgan fingerprint density at radius 3 is 2.47 bits per heavy atom. The third-order valence-electron chi connectivity index (χ3n) is 4.61. The van der Waals surface area contributed by atoms with E-state index in [4.69, 9.17) is 23.2 Å². The second-order valence-electron chi connectivity index (χ2n) is 6.63. The zero-order valence-corrected chi connectivity index (χ0v) is 18.2. The third-order valence-corrected chi connectivity index (χ3v) is 5.80. The first-order valence-electron chi connectivity index (χ1n) is 9.03. The number of pyridine rings is 1. The lowest BCUT2D eigenvalue weighted by molar-refractivity contribution is -0.136. The molecule has 2 heterocycles. The maximum Gasteiger partial charge on any atom is 0.418 e. The van der Waals surface area contributed by atoms with Gasteiger partial charge in [-0.3, -0.25) is 14.9 Å². The molecule has 0 spiro atoms. The predicted octanol–water partition coefficient (Wildman–Crippen LogP) is 6.40. The first-order chi connectivity index (χ1) is 15.2. The number of thiazole rings is 1. The summed E-state index contributed by atoms with van der Waals surface area (Å²) in [6.07, 6.45) is -4.73. The number of nitrogens with one attached hydrogen (secondary N) is 2. The number of halogens is 5. The Bertz CT molecular complexity index is 1370. The van der Waals surface area contributed by atoms with Crippen LogP contribution in [-0.4, -0.2) is 15.9 Å². The van der Waals surface area contributed by atoms with E-state index in [1.165, 1.54) is 6.07 Å². The number of carbonyl (C=O) groups is 1. The smallest absolute Gasteiger partial charge is 0.355 e. The average Bonchev–Trinajstić information content (AvgIpc) is 3.21. The highest BCUT2D eigenvalue weighted by Gasteiger charge is 2.34. The Kier molecular flexibility index (Phi) is 5.98. The first kappa shape index (κ1) is 22.3. The van der Waals surface area contributed by atoms with Gasteiger partial charge in [0.1, 0.15) is 10.4 Å². The fourth-order valence-corrected chi connectivity index (χ4v) is 4.23. The second kappa shape index (κ2) is 8.57. The number of carbonyl (C=O) groups excluding carboxylic acids is 1. The molecule has 4 rings (SSSR count). The SMILES string of the molecule is O=C(Nc1nc(-c2ccccc2)cs1)c1c(C(Cl)Cl)[nH]c2c(C(F)(F)F)cccc2c1=O. The van der Waals surface area contributed by atoms with Crippen LogP contribution in [0.5, 0.6) is 0 Å². The maximum atomic E-state index is 13.4. The van der Waals surface area contributed by atoms with E-state index in [1.807, 2.05) is 30.3 Å². The number of H-pyrrole nitrogens is 1. The van der Waals surface area contributed by atoms with Crippen molar-refractivity contribution in [2.75, 3.05) is 5.32 Å². The Morgan fingerprint density at radius 2 is 1.81 bits per heavy atom. The minimum Gasteiger partial charge on any atom is -0.355 e. The molecule has 0 aliphatic rings. The van der Waals surface area contributed by atoms with Crippen LogP contribution in [0.3, 0.4) is 0 Å². The van der Waals surface area contributed by atoms with Gasteiger partial charge in [-0.05, 0) is 12.1 Å². The van der Waals surface area contributed by atoms with Crippen molar-refractivity contribution in [3.05, 3.63) is 81.0 Å². The number of hydrogen-bond acceptors (Lipinski definition) is 4. The largest absolute Gasteiger partial charge is 0.418 e. The van der Waals surface area contributed by atoms with Gasteiger partial charge in [-0.15, -0.1) is 11.3 Å². The van der Waals surface area contributed by atoms with Crippen molar-refractivity contribution in [1.82, 2.24) is 9.97 Å². The molecule has 164 valence electrons. The molecular weight excluding hydrogens is 486 g/mol. The Labute approximate surface area is 192 Å². The number of fused-ring (bicyclic) bond motifs is 1. The van der Waals surface area contributed by atoms with Crippen LogP contribution in [0.15, 0.2) is 58.7 Å². The van der Waals surface area contributed by atoms with Crippen molar-refractivity contribution in [2.45, 2.75) is 11.0 Å². The van der Waals surface area contributed by atoms with Crippen molar-refractivity contribution in [3.63, 3.8) is 0 Å². The van der Waals surface area contributed by atoms with Crippen LogP contribution in [0.1, 0.15) is 26.5 Å². The van der Waals surface area contributed by atoms with Crippen LogP contribution in [0, 0.1) is 0 Å². The van der Waals surface area contributed by atoms with Crippen molar-refractivity contribution in [2.24, 2.45) is 0 Å². The molecule has 2 aromatic carbocycles. The number of aromatic amines is 1. The summed E-state index contributed by atoms with van der Waals surface area (Å²) in [4.78, 5) is 31.2. The number of amides is 1. The molecule has 4 aromatic rings. The zero-order chi connectivity index (χ0) is 23.0. The van der Waals surface area contributed by atoms with Gasteiger partial charge in [0.15, 0.2) is 5.13 Å². The molecule has 0 unspecified atom stereocenters. The van der Waals surface area contributed by atoms with Gasteiger partial charge in [-0.25, -0.2) is 4.98 Å². The minimum atomic E-state index is -4.73. The molecule has 0 aliphatic heterocycles. The molecule has 32 heavy (non-hydrogen) atoms. The summed E-state index contributed by atoms with van der Waals surface area (Å²) in [6, 6.07) is 12.3. The van der Waals surface area contributed by atoms with E-state index in [-0.39, 0.29) is 16.2 Å². The third kappa shape index (κ3) is 4.23. The fraction of sp³-hybridized carbons (Fsp3) is 0.0952. The van der Waals surface area contributed by atoms with Crippen LogP contribution in [0.4, 0.5) is 18.3 Å². The normalized spacial score (nSPS) is 11.8. The van der Waals surface area contributed by atoms with Crippen molar-refractivity contribution in [1.29, 1.82) is 0 Å². The monoisotopic (exact) mass is 497 g/mol. The lowest BCUT2D eigenvalue weighted by atomic mass is 10.0. The number of benzene rings is 2. The molecule has 2 N–H and O–H groups in total. The van der Waals surface area contributed by atoms with Gasteiger partial charge in [-0.1, -0.05) is 59.6 Å². The van der Waals surface area contributed by atoms with Gasteiger partial charge in [0.25, 0.3) is 5.91 Å². The zero-order valence-electron chi connectivity index (χ0n) is 15.8. The van der Waals surface area contributed by atoms with Gasteiger partial charge < -0.3 is 4.98 Å². The Balaban J connectivity index is 1.78. The second-order valence-corrected chi connectivity index (χ2v) is 8.58. The molecule has 11 heteroatoms. The number of para-hydroxylation sites is 1. The molecule has 2 aromatic heterocycles. The molecule has 5 nitrogen and oxygen atoms in total. The molecule has 0 atom stereocenters. The quantitative estimate of drug-likeness (QED) is 0.320. The highest BCUT2D eigenvalue weighted by atomic mass is 35.5. The van der Waals surface area contributed by atoms with Crippen LogP contribution < -0.4 is 10.7 Å². The van der Waals surface area contributed by atoms with Crippen molar-refractivity contribution < 1.29 is 18.0 Å². The van der Waals surface area contributed by atoms with Gasteiger partial charge in [0, 0.05) is 16.3 Å². The molecule has 0 radical (unpaired) electrons. The van der Waals surface area contributed by atoms with E-state index in [0.717, 1.165) is 29.0 Å². The number of alkyl halides is 5. The standard InChI is InChI=1S/C21H12Cl2F3N3O2S/c22-18(23)16-14(17(30)11-7-4-8-12(15(11)28-16)21(24,25)26)19(31)29-20-27-13(9-32-20)10-5-2-1-3-6-10/h1-9,18H,(H,28,30)(H,27,29,31). The molecule has 0 aliphatic carbocycles. The van der Waals surface area contributed by atoms with E-state index < -0.39 is 39.0 Å². The summed E-state index contributed by atoms with van der Waals surface area (Å²) >= 11 is 12.9. The molecule has 1 amide bonds. The summed E-state index contributed by atoms with van der Waals surface area (Å²) in [6.45, 7) is 0. The summed E-state index contributed by atoms with van der Waals surface area (Å²) in [5.74, 6) is -0.888. The summed E-state index contributed by atoms with van der Waals surface area (Å²) in [5, 5.41) is 4.11. The highest BCUT2D eigenvalue weighted by Crippen LogP contribution is 2.35. The summed E-state index contributed by atoms with van der Waals surface area (Å²) in [7, 11) is 0. The van der Waals surface area contributed by atoms with Gasteiger partial charge in [-0.2, -0.15) is 13.2 Å². The van der Waals surface area contributed by atoms with E-state index in [2.05, 4.69) is 15.3 Å². The molecule has 0 saturated carbocycles. The molecular formula is C21H12Cl2F3N3O2S. The maximum absolute atomic E-state index is 13.4. The number of anilines is 1. The van der Waals surface area contributed by atoms with E-state index in [1.54, 1.807) is 5.38 Å². The Morgan fingerprint density at radius 1 is 1.09 bits per heavy atom. The summed E-state index contributed by atoms with van der Waals surface area (Å²) < 4.78 is 40.2. The summed E-state index contributed by atoms with van der Waals surface area (Å²) in [5.41, 5.74) is -1.87. The van der Waals surface area contributed by atoms with E-state index in [0.29, 0.717) is 5.69 Å². The topological polar surface area (TPSA) is 74.8 Å².